The van der Waals surface area contributed by atoms with Gasteiger partial charge in [-0.05, 0) is 19.8 Å². The molecule has 2 N–H and O–H groups in total. The second kappa shape index (κ2) is 4.64. The quantitative estimate of drug-likeness (QED) is 0.686. The molecule has 1 heterocycles. The summed E-state index contributed by atoms with van der Waals surface area (Å²) in [5.41, 5.74) is 0. The fraction of sp³-hybridized carbons (Fsp3) is 0.667. The lowest BCUT2D eigenvalue weighted by Gasteiger charge is -2.31. The van der Waals surface area contributed by atoms with E-state index in [0.717, 1.165) is 4.90 Å². The largest absolute Gasteiger partial charge is 0.481 e. The smallest absolute Gasteiger partial charge is 0.307 e. The van der Waals surface area contributed by atoms with Crippen LogP contribution in [-0.4, -0.2) is 45.4 Å². The van der Waals surface area contributed by atoms with Crippen molar-refractivity contribution in [1.29, 1.82) is 0 Å². The van der Waals surface area contributed by atoms with Gasteiger partial charge in [0, 0.05) is 6.54 Å². The summed E-state index contributed by atoms with van der Waals surface area (Å²) in [6.07, 6.45) is 0.230. The third kappa shape index (κ3) is 1.89. The lowest BCUT2D eigenvalue weighted by molar-refractivity contribution is -0.157. The summed E-state index contributed by atoms with van der Waals surface area (Å²) in [5, 5.41) is 18.3. The minimum atomic E-state index is -1.14. The topological polar surface area (TPSA) is 112 Å². The lowest BCUT2D eigenvalue weighted by atomic mass is 9.67. The molecule has 1 aliphatic heterocycles. The van der Waals surface area contributed by atoms with Gasteiger partial charge in [0.1, 0.15) is 0 Å². The number of hydrogen-bond donors (Lipinski definition) is 2. The summed E-state index contributed by atoms with van der Waals surface area (Å²) in [6, 6.07) is 0. The van der Waals surface area contributed by atoms with Gasteiger partial charge in [0.25, 0.3) is 0 Å². The van der Waals surface area contributed by atoms with E-state index < -0.39 is 47.4 Å². The first-order valence-corrected chi connectivity index (χ1v) is 6.21. The molecule has 0 bridgehead atoms. The summed E-state index contributed by atoms with van der Waals surface area (Å²) in [5.74, 6) is -7.36. The Bertz CT molecular complexity index is 419. The van der Waals surface area contributed by atoms with Gasteiger partial charge in [0.2, 0.25) is 11.8 Å². The normalized spacial score (nSPS) is 34.3. The zero-order chi connectivity index (χ0) is 14.3. The number of imide groups is 1. The van der Waals surface area contributed by atoms with Crippen LogP contribution in [0.1, 0.15) is 19.8 Å². The highest BCUT2D eigenvalue weighted by atomic mass is 16.4. The number of aliphatic carboxylic acids is 2. The Morgan fingerprint density at radius 1 is 1.05 bits per heavy atom. The van der Waals surface area contributed by atoms with E-state index in [1.54, 1.807) is 6.92 Å². The number of hydrogen-bond acceptors (Lipinski definition) is 4. The molecule has 1 saturated heterocycles. The molecule has 4 atom stereocenters. The van der Waals surface area contributed by atoms with E-state index >= 15 is 0 Å². The SMILES string of the molecule is CCN1C(=O)C2C(C(=O)O)CCC(C(=O)O)C2C1=O. The van der Waals surface area contributed by atoms with Crippen LogP contribution in [0.4, 0.5) is 0 Å². The van der Waals surface area contributed by atoms with E-state index in [4.69, 9.17) is 10.2 Å². The van der Waals surface area contributed by atoms with Crippen LogP contribution >= 0.6 is 0 Å². The van der Waals surface area contributed by atoms with Crippen molar-refractivity contribution in [3.63, 3.8) is 0 Å². The molecule has 19 heavy (non-hydrogen) atoms. The van der Waals surface area contributed by atoms with Crippen LogP contribution in [0.15, 0.2) is 0 Å². The van der Waals surface area contributed by atoms with Gasteiger partial charge in [-0.1, -0.05) is 0 Å². The molecule has 1 saturated carbocycles. The average molecular weight is 269 g/mol. The molecule has 7 heteroatoms. The van der Waals surface area contributed by atoms with Gasteiger partial charge in [0.05, 0.1) is 23.7 Å². The molecule has 2 amide bonds. The van der Waals surface area contributed by atoms with Gasteiger partial charge >= 0.3 is 11.9 Å². The Balaban J connectivity index is 2.43. The van der Waals surface area contributed by atoms with Crippen molar-refractivity contribution in [2.75, 3.05) is 6.54 Å². The van der Waals surface area contributed by atoms with Crippen LogP contribution in [0, 0.1) is 23.7 Å². The molecule has 0 aromatic heterocycles. The molecule has 2 fully saturated rings. The number of nitrogens with zero attached hydrogens (tertiary/aromatic N) is 1. The fourth-order valence-electron chi connectivity index (χ4n) is 3.20. The summed E-state index contributed by atoms with van der Waals surface area (Å²) in [6.45, 7) is 1.75. The first-order valence-electron chi connectivity index (χ1n) is 6.21. The standard InChI is InChI=1S/C12H15NO6/c1-2-13-9(14)7-5(11(16)17)3-4-6(12(18)19)8(7)10(13)15/h5-8H,2-4H2,1H3,(H,16,17)(H,18,19). The van der Waals surface area contributed by atoms with Gasteiger partial charge in [-0.25, -0.2) is 0 Å². The molecular formula is C12H15NO6. The number of likely N-dealkylation sites (tertiary alicyclic amines) is 1. The first kappa shape index (κ1) is 13.5. The van der Waals surface area contributed by atoms with Crippen molar-refractivity contribution in [2.24, 2.45) is 23.7 Å². The van der Waals surface area contributed by atoms with Crippen LogP contribution in [0.3, 0.4) is 0 Å². The molecule has 0 aromatic carbocycles. The van der Waals surface area contributed by atoms with Gasteiger partial charge in [-0.15, -0.1) is 0 Å². The molecule has 104 valence electrons. The number of carboxylic acids is 2. The van der Waals surface area contributed by atoms with E-state index in [2.05, 4.69) is 0 Å². The summed E-state index contributed by atoms with van der Waals surface area (Å²) in [4.78, 5) is 47.6. The molecular weight excluding hydrogens is 254 g/mol. The van der Waals surface area contributed by atoms with E-state index in [1.165, 1.54) is 0 Å². The summed E-state index contributed by atoms with van der Waals surface area (Å²) < 4.78 is 0. The third-order valence-electron chi connectivity index (χ3n) is 4.10. The molecule has 0 radical (unpaired) electrons. The van der Waals surface area contributed by atoms with Crippen LogP contribution in [0.5, 0.6) is 0 Å². The monoisotopic (exact) mass is 269 g/mol. The van der Waals surface area contributed by atoms with Crippen LogP contribution in [0.25, 0.3) is 0 Å². The Labute approximate surface area is 109 Å². The Kier molecular flexibility index (Phi) is 3.30. The third-order valence-corrected chi connectivity index (χ3v) is 4.10. The van der Waals surface area contributed by atoms with E-state index in [9.17, 15) is 19.2 Å². The second-order valence-electron chi connectivity index (χ2n) is 4.94. The Hall–Kier alpha value is -1.92. The molecule has 0 aromatic rings. The van der Waals surface area contributed by atoms with Crippen molar-refractivity contribution in [2.45, 2.75) is 19.8 Å². The predicted octanol–water partition coefficient (Wildman–Crippen LogP) is -0.197. The molecule has 0 spiro atoms. The lowest BCUT2D eigenvalue weighted by Crippen LogP contribution is -2.42. The van der Waals surface area contributed by atoms with Crippen molar-refractivity contribution in [3.8, 4) is 0 Å². The highest BCUT2D eigenvalue weighted by molar-refractivity contribution is 6.08. The van der Waals surface area contributed by atoms with Gasteiger partial charge in [0.15, 0.2) is 0 Å². The maximum absolute atomic E-state index is 12.1. The highest BCUT2D eigenvalue weighted by Gasteiger charge is 2.58. The Morgan fingerprint density at radius 3 is 1.68 bits per heavy atom. The number of fused-ring (bicyclic) bond motifs is 1. The molecule has 2 aliphatic rings. The van der Waals surface area contributed by atoms with E-state index in [1.807, 2.05) is 0 Å². The van der Waals surface area contributed by atoms with Crippen molar-refractivity contribution in [3.05, 3.63) is 0 Å². The van der Waals surface area contributed by atoms with Crippen LogP contribution in [0.2, 0.25) is 0 Å². The second-order valence-corrected chi connectivity index (χ2v) is 4.94. The van der Waals surface area contributed by atoms with E-state index in [-0.39, 0.29) is 19.4 Å². The number of amides is 2. The average Bonchev–Trinajstić information content (AvgIpc) is 2.60. The van der Waals surface area contributed by atoms with Crippen molar-refractivity contribution < 1.29 is 29.4 Å². The first-order chi connectivity index (χ1) is 8.90. The maximum atomic E-state index is 12.1. The zero-order valence-corrected chi connectivity index (χ0v) is 10.4. The molecule has 4 unspecified atom stereocenters. The van der Waals surface area contributed by atoms with Gasteiger partial charge in [-0.2, -0.15) is 0 Å². The molecule has 1 aliphatic carbocycles. The number of carbonyl (C=O) groups is 4. The minimum absolute atomic E-state index is 0.115. The molecule has 2 rings (SSSR count). The minimum Gasteiger partial charge on any atom is -0.481 e. The number of carboxylic acid groups (broad SMARTS) is 2. The fourth-order valence-corrected chi connectivity index (χ4v) is 3.20. The van der Waals surface area contributed by atoms with E-state index in [0.29, 0.717) is 0 Å². The molecule has 7 nitrogen and oxygen atoms in total. The van der Waals surface area contributed by atoms with Gasteiger partial charge in [-0.3, -0.25) is 24.1 Å². The number of carbonyl (C=O) groups excluding carboxylic acids is 2. The summed E-state index contributed by atoms with van der Waals surface area (Å²) >= 11 is 0. The predicted molar refractivity (Wildman–Crippen MR) is 60.9 cm³/mol. The zero-order valence-electron chi connectivity index (χ0n) is 10.4. The van der Waals surface area contributed by atoms with Gasteiger partial charge < -0.3 is 10.2 Å². The summed E-state index contributed by atoms with van der Waals surface area (Å²) in [7, 11) is 0. The van der Waals surface area contributed by atoms with Crippen molar-refractivity contribution >= 4 is 23.8 Å². The highest BCUT2D eigenvalue weighted by Crippen LogP contribution is 2.45. The van der Waals surface area contributed by atoms with Crippen LogP contribution in [-0.2, 0) is 19.2 Å². The number of rotatable bonds is 3. The Morgan fingerprint density at radius 2 is 1.42 bits per heavy atom. The van der Waals surface area contributed by atoms with Crippen molar-refractivity contribution in [1.82, 2.24) is 4.90 Å². The van der Waals surface area contributed by atoms with Crippen LogP contribution < -0.4 is 0 Å². The maximum Gasteiger partial charge on any atom is 0.307 e.